The molecule has 29 heavy (non-hydrogen) atoms. The number of aryl methyl sites for hydroxylation is 1. The Labute approximate surface area is 168 Å². The first-order valence-electron chi connectivity index (χ1n) is 9.01. The summed E-state index contributed by atoms with van der Waals surface area (Å²) in [5.41, 5.74) is 3.95. The molecule has 6 heteroatoms. The molecule has 0 bridgehead atoms. The molecule has 2 aromatic carbocycles. The van der Waals surface area contributed by atoms with Gasteiger partial charge in [-0.1, -0.05) is 36.4 Å². The van der Waals surface area contributed by atoms with Crippen LogP contribution in [0.5, 0.6) is 0 Å². The normalized spacial score (nSPS) is 11.3. The minimum atomic E-state index is -1.00. The highest BCUT2D eigenvalue weighted by Crippen LogP contribution is 2.23. The van der Waals surface area contributed by atoms with E-state index in [1.165, 1.54) is 6.20 Å². The number of hydrogen-bond acceptors (Lipinski definition) is 4. The molecule has 6 nitrogen and oxygen atoms in total. The standard InChI is InChI=1S/C23H19N3O3/c1-15-5-2-3-8-20(15)21(11-22(27)28)26-23(29)19-10-18(13-25-14-19)17-7-4-6-16(9-17)12-24/h2-10,13-14,21H,11H2,1H3,(H,26,29)(H,27,28)/t21-/m0/s1. The summed E-state index contributed by atoms with van der Waals surface area (Å²) in [6, 6.07) is 17.5. The number of nitriles is 1. The van der Waals surface area contributed by atoms with Gasteiger partial charge >= 0.3 is 5.97 Å². The van der Waals surface area contributed by atoms with E-state index in [4.69, 9.17) is 5.26 Å². The molecular formula is C23H19N3O3. The molecule has 0 fully saturated rings. The molecule has 0 aliphatic heterocycles. The van der Waals surface area contributed by atoms with Gasteiger partial charge in [-0.2, -0.15) is 5.26 Å². The van der Waals surface area contributed by atoms with E-state index < -0.39 is 17.9 Å². The Balaban J connectivity index is 1.88. The summed E-state index contributed by atoms with van der Waals surface area (Å²) in [4.78, 5) is 28.3. The van der Waals surface area contributed by atoms with Crippen molar-refractivity contribution in [1.82, 2.24) is 10.3 Å². The van der Waals surface area contributed by atoms with E-state index in [0.717, 1.165) is 16.7 Å². The van der Waals surface area contributed by atoms with Crippen LogP contribution in [0.1, 0.15) is 39.5 Å². The molecule has 1 amide bonds. The summed E-state index contributed by atoms with van der Waals surface area (Å²) in [7, 11) is 0. The Morgan fingerprint density at radius 1 is 1.10 bits per heavy atom. The molecule has 3 aromatic rings. The van der Waals surface area contributed by atoms with Crippen LogP contribution in [0, 0.1) is 18.3 Å². The van der Waals surface area contributed by atoms with Crippen LogP contribution >= 0.6 is 0 Å². The lowest BCUT2D eigenvalue weighted by Gasteiger charge is -2.19. The molecule has 3 rings (SSSR count). The van der Waals surface area contributed by atoms with Crippen molar-refractivity contribution in [3.63, 3.8) is 0 Å². The fourth-order valence-electron chi connectivity index (χ4n) is 3.12. The van der Waals surface area contributed by atoms with E-state index in [2.05, 4.69) is 16.4 Å². The third-order valence-corrected chi connectivity index (χ3v) is 4.57. The van der Waals surface area contributed by atoms with E-state index in [0.29, 0.717) is 16.7 Å². The summed E-state index contributed by atoms with van der Waals surface area (Å²) in [6.45, 7) is 1.88. The maximum Gasteiger partial charge on any atom is 0.305 e. The van der Waals surface area contributed by atoms with Crippen molar-refractivity contribution >= 4 is 11.9 Å². The highest BCUT2D eigenvalue weighted by Gasteiger charge is 2.20. The van der Waals surface area contributed by atoms with Crippen molar-refractivity contribution in [1.29, 1.82) is 5.26 Å². The van der Waals surface area contributed by atoms with Crippen molar-refractivity contribution in [2.45, 2.75) is 19.4 Å². The Kier molecular flexibility index (Phi) is 6.00. The molecule has 144 valence electrons. The number of carboxylic acids is 1. The van der Waals surface area contributed by atoms with Crippen LogP contribution in [0.2, 0.25) is 0 Å². The zero-order valence-electron chi connectivity index (χ0n) is 15.8. The van der Waals surface area contributed by atoms with Crippen LogP contribution in [0.25, 0.3) is 11.1 Å². The lowest BCUT2D eigenvalue weighted by atomic mass is 9.98. The number of rotatable bonds is 6. The molecule has 2 N–H and O–H groups in total. The Morgan fingerprint density at radius 2 is 1.90 bits per heavy atom. The monoisotopic (exact) mass is 385 g/mol. The van der Waals surface area contributed by atoms with Crippen molar-refractivity contribution < 1.29 is 14.7 Å². The largest absolute Gasteiger partial charge is 0.481 e. The van der Waals surface area contributed by atoms with E-state index >= 15 is 0 Å². The van der Waals surface area contributed by atoms with Gasteiger partial charge < -0.3 is 10.4 Å². The number of carboxylic acid groups (broad SMARTS) is 1. The molecule has 1 atom stereocenters. The third-order valence-electron chi connectivity index (χ3n) is 4.57. The van der Waals surface area contributed by atoms with Gasteiger partial charge in [0, 0.05) is 18.0 Å². The van der Waals surface area contributed by atoms with Gasteiger partial charge in [-0.05, 0) is 41.8 Å². The Bertz CT molecular complexity index is 1100. The first-order valence-corrected chi connectivity index (χ1v) is 9.01. The van der Waals surface area contributed by atoms with Crippen molar-refractivity contribution in [2.75, 3.05) is 0 Å². The van der Waals surface area contributed by atoms with Gasteiger partial charge in [-0.15, -0.1) is 0 Å². The minimum absolute atomic E-state index is 0.228. The molecule has 1 aromatic heterocycles. The average Bonchev–Trinajstić information content (AvgIpc) is 2.73. The van der Waals surface area contributed by atoms with Crippen LogP contribution in [0.4, 0.5) is 0 Å². The Hall–Kier alpha value is -3.98. The lowest BCUT2D eigenvalue weighted by molar-refractivity contribution is -0.137. The molecule has 0 saturated carbocycles. The van der Waals surface area contributed by atoms with Crippen LogP contribution in [0.15, 0.2) is 67.0 Å². The molecule has 0 unspecified atom stereocenters. The topological polar surface area (TPSA) is 103 Å². The molecular weight excluding hydrogens is 366 g/mol. The maximum atomic E-state index is 12.8. The summed E-state index contributed by atoms with van der Waals surface area (Å²) in [6.07, 6.45) is 2.82. The van der Waals surface area contributed by atoms with E-state index in [-0.39, 0.29) is 6.42 Å². The lowest BCUT2D eigenvalue weighted by Crippen LogP contribution is -2.30. The van der Waals surface area contributed by atoms with E-state index in [9.17, 15) is 14.7 Å². The number of carbonyl (C=O) groups is 2. The first kappa shape index (κ1) is 19.8. The number of hydrogen-bond donors (Lipinski definition) is 2. The molecule has 0 aliphatic carbocycles. The number of aliphatic carboxylic acids is 1. The summed E-state index contributed by atoms with van der Waals surface area (Å²) < 4.78 is 0. The summed E-state index contributed by atoms with van der Waals surface area (Å²) in [5, 5.41) is 21.2. The summed E-state index contributed by atoms with van der Waals surface area (Å²) in [5.74, 6) is -1.41. The fourth-order valence-corrected chi connectivity index (χ4v) is 3.12. The van der Waals surface area contributed by atoms with Crippen molar-refractivity contribution in [3.05, 3.63) is 89.2 Å². The Morgan fingerprint density at radius 3 is 2.62 bits per heavy atom. The van der Waals surface area contributed by atoms with Crippen LogP contribution in [-0.4, -0.2) is 22.0 Å². The van der Waals surface area contributed by atoms with Crippen LogP contribution < -0.4 is 5.32 Å². The fraction of sp³-hybridized carbons (Fsp3) is 0.130. The zero-order chi connectivity index (χ0) is 20.8. The molecule has 0 radical (unpaired) electrons. The van der Waals surface area contributed by atoms with Gasteiger partial charge in [0.05, 0.1) is 29.7 Å². The smallest absolute Gasteiger partial charge is 0.305 e. The number of nitrogens with zero attached hydrogens (tertiary/aromatic N) is 2. The number of aromatic nitrogens is 1. The zero-order valence-corrected chi connectivity index (χ0v) is 15.8. The summed E-state index contributed by atoms with van der Waals surface area (Å²) >= 11 is 0. The second kappa shape index (κ2) is 8.81. The van der Waals surface area contributed by atoms with Crippen molar-refractivity contribution in [2.24, 2.45) is 0 Å². The molecule has 0 spiro atoms. The molecule has 0 aliphatic rings. The van der Waals surface area contributed by atoms with Gasteiger partial charge in [-0.3, -0.25) is 14.6 Å². The van der Waals surface area contributed by atoms with Gasteiger partial charge in [0.25, 0.3) is 5.91 Å². The number of amides is 1. The first-order chi connectivity index (χ1) is 14.0. The van der Waals surface area contributed by atoms with Crippen LogP contribution in [0.3, 0.4) is 0 Å². The third kappa shape index (κ3) is 4.85. The highest BCUT2D eigenvalue weighted by atomic mass is 16.4. The van der Waals surface area contributed by atoms with Crippen molar-refractivity contribution in [3.8, 4) is 17.2 Å². The van der Waals surface area contributed by atoms with Gasteiger partial charge in [0.2, 0.25) is 0 Å². The average molecular weight is 385 g/mol. The quantitative estimate of drug-likeness (QED) is 0.670. The predicted molar refractivity (Wildman–Crippen MR) is 108 cm³/mol. The SMILES string of the molecule is Cc1ccccc1[C@H](CC(=O)O)NC(=O)c1cncc(-c2cccc(C#N)c2)c1. The van der Waals surface area contributed by atoms with Crippen LogP contribution in [-0.2, 0) is 4.79 Å². The minimum Gasteiger partial charge on any atom is -0.481 e. The van der Waals surface area contributed by atoms with Gasteiger partial charge in [0.1, 0.15) is 0 Å². The highest BCUT2D eigenvalue weighted by molar-refractivity contribution is 5.95. The predicted octanol–water partition coefficient (Wildman–Crippen LogP) is 3.87. The van der Waals surface area contributed by atoms with Gasteiger partial charge in [0.15, 0.2) is 0 Å². The van der Waals surface area contributed by atoms with Gasteiger partial charge in [-0.25, -0.2) is 0 Å². The van der Waals surface area contributed by atoms with E-state index in [1.807, 2.05) is 37.3 Å². The molecule has 0 saturated heterocycles. The number of benzene rings is 2. The number of nitrogens with one attached hydrogen (secondary N) is 1. The second-order valence-corrected chi connectivity index (χ2v) is 6.64. The number of pyridine rings is 1. The van der Waals surface area contributed by atoms with E-state index in [1.54, 1.807) is 30.5 Å². The maximum absolute atomic E-state index is 12.8. The molecule has 1 heterocycles. The second-order valence-electron chi connectivity index (χ2n) is 6.64. The number of carbonyl (C=O) groups excluding carboxylic acids is 1.